The second-order valence-electron chi connectivity index (χ2n) is 6.05. The predicted octanol–water partition coefficient (Wildman–Crippen LogP) is 0.651. The number of ether oxygens (including phenoxy) is 1. The molecule has 1 fully saturated rings. The van der Waals surface area contributed by atoms with Crippen LogP contribution in [0.1, 0.15) is 31.2 Å². The molecule has 2 rings (SSSR count). The van der Waals surface area contributed by atoms with Crippen LogP contribution in [0.5, 0.6) is 0 Å². The van der Waals surface area contributed by atoms with Crippen molar-refractivity contribution < 1.29 is 14.3 Å². The minimum atomic E-state index is -0.258. The van der Waals surface area contributed by atoms with Crippen LogP contribution in [0.2, 0.25) is 0 Å². The Kier molecular flexibility index (Phi) is 6.73. The van der Waals surface area contributed by atoms with Crippen molar-refractivity contribution in [2.75, 3.05) is 31.6 Å². The molecule has 1 aromatic heterocycles. The molecule has 136 valence electrons. The lowest BCUT2D eigenvalue weighted by atomic mass is 9.96. The van der Waals surface area contributed by atoms with Crippen LogP contribution >= 0.6 is 0 Å². The van der Waals surface area contributed by atoms with Crippen molar-refractivity contribution in [3.63, 3.8) is 0 Å². The van der Waals surface area contributed by atoms with Gasteiger partial charge in [0.25, 0.3) is 0 Å². The van der Waals surface area contributed by atoms with E-state index in [0.29, 0.717) is 24.9 Å². The number of amidine groups is 1. The number of anilines is 1. The summed E-state index contributed by atoms with van der Waals surface area (Å²) in [4.78, 5) is 29.7. The Labute approximate surface area is 147 Å². The van der Waals surface area contributed by atoms with E-state index in [0.717, 1.165) is 31.7 Å². The summed E-state index contributed by atoms with van der Waals surface area (Å²) in [7, 11) is 1.36. The molecule has 0 saturated carbocycles. The Morgan fingerprint density at radius 3 is 2.68 bits per heavy atom. The summed E-state index contributed by atoms with van der Waals surface area (Å²) in [6, 6.07) is 3.63. The number of nitrogens with one attached hydrogen (secondary N) is 2. The number of hydrogen-bond acceptors (Lipinski definition) is 6. The van der Waals surface area contributed by atoms with Crippen LogP contribution in [0.4, 0.5) is 5.82 Å². The van der Waals surface area contributed by atoms with E-state index in [-0.39, 0.29) is 23.6 Å². The molecule has 1 aromatic rings. The summed E-state index contributed by atoms with van der Waals surface area (Å²) in [5.41, 5.74) is 6.03. The Morgan fingerprint density at radius 1 is 1.40 bits per heavy atom. The fourth-order valence-corrected chi connectivity index (χ4v) is 2.79. The van der Waals surface area contributed by atoms with Crippen molar-refractivity contribution in [1.29, 1.82) is 5.41 Å². The van der Waals surface area contributed by atoms with Crippen molar-refractivity contribution >= 4 is 23.5 Å². The number of pyridine rings is 1. The summed E-state index contributed by atoms with van der Waals surface area (Å²) < 4.78 is 4.57. The molecular formula is C17H25N5O3. The van der Waals surface area contributed by atoms with Gasteiger partial charge in [0.2, 0.25) is 5.91 Å². The molecule has 0 aliphatic carbocycles. The molecule has 0 aromatic carbocycles. The number of carbonyl (C=O) groups is 2. The number of aromatic nitrogens is 1. The van der Waals surface area contributed by atoms with Gasteiger partial charge in [-0.05, 0) is 31.4 Å². The number of nitrogens with zero attached hydrogens (tertiary/aromatic N) is 2. The minimum absolute atomic E-state index is 0.00151. The first kappa shape index (κ1) is 18.7. The van der Waals surface area contributed by atoms with Gasteiger partial charge in [0.1, 0.15) is 11.7 Å². The van der Waals surface area contributed by atoms with Crippen molar-refractivity contribution in [2.24, 2.45) is 11.7 Å². The molecule has 1 aliphatic rings. The molecule has 25 heavy (non-hydrogen) atoms. The second-order valence-corrected chi connectivity index (χ2v) is 6.05. The van der Waals surface area contributed by atoms with Crippen LogP contribution in [0.15, 0.2) is 18.3 Å². The zero-order valence-corrected chi connectivity index (χ0v) is 14.5. The highest BCUT2D eigenvalue weighted by Gasteiger charge is 2.25. The molecular weight excluding hydrogens is 322 g/mol. The Balaban J connectivity index is 1.74. The lowest BCUT2D eigenvalue weighted by Gasteiger charge is -2.32. The van der Waals surface area contributed by atoms with Gasteiger partial charge < -0.3 is 20.7 Å². The number of rotatable bonds is 7. The number of carbonyl (C=O) groups excluding carboxylic acids is 2. The van der Waals surface area contributed by atoms with Gasteiger partial charge in [-0.2, -0.15) is 0 Å². The van der Waals surface area contributed by atoms with Crippen LogP contribution in [0.25, 0.3) is 0 Å². The summed E-state index contributed by atoms with van der Waals surface area (Å²) in [6.45, 7) is 2.00. The number of hydrogen-bond donors (Lipinski definition) is 3. The van der Waals surface area contributed by atoms with Crippen LogP contribution < -0.4 is 16.0 Å². The molecule has 2 heterocycles. The molecule has 0 spiro atoms. The van der Waals surface area contributed by atoms with Gasteiger partial charge in [0, 0.05) is 43.7 Å². The first-order valence-corrected chi connectivity index (χ1v) is 8.41. The lowest BCUT2D eigenvalue weighted by Crippen LogP contribution is -2.41. The second kappa shape index (κ2) is 9.00. The van der Waals surface area contributed by atoms with Crippen LogP contribution in [0.3, 0.4) is 0 Å². The number of esters is 1. The SMILES string of the molecule is COC(=O)CCCNC(=O)C1CCN(c2ccc(C(=N)N)cn2)CC1. The van der Waals surface area contributed by atoms with Gasteiger partial charge in [0.15, 0.2) is 0 Å². The average molecular weight is 347 g/mol. The van der Waals surface area contributed by atoms with Gasteiger partial charge in [-0.1, -0.05) is 0 Å². The highest BCUT2D eigenvalue weighted by atomic mass is 16.5. The van der Waals surface area contributed by atoms with Gasteiger partial charge >= 0.3 is 5.97 Å². The van der Waals surface area contributed by atoms with Gasteiger partial charge in [-0.3, -0.25) is 15.0 Å². The summed E-state index contributed by atoms with van der Waals surface area (Å²) in [5.74, 6) is 0.615. The Hall–Kier alpha value is -2.64. The summed E-state index contributed by atoms with van der Waals surface area (Å²) >= 11 is 0. The number of amides is 1. The van der Waals surface area contributed by atoms with E-state index in [2.05, 4.69) is 19.9 Å². The maximum Gasteiger partial charge on any atom is 0.305 e. The number of piperidine rings is 1. The normalized spacial score (nSPS) is 14.8. The summed E-state index contributed by atoms with van der Waals surface area (Å²) in [6.07, 6.45) is 4.02. The largest absolute Gasteiger partial charge is 0.469 e. The molecule has 1 amide bonds. The topological polar surface area (TPSA) is 121 Å². The van der Waals surface area contributed by atoms with Crippen molar-refractivity contribution in [3.05, 3.63) is 23.9 Å². The molecule has 0 atom stereocenters. The number of nitrogen functional groups attached to an aromatic ring is 1. The smallest absolute Gasteiger partial charge is 0.305 e. The minimum Gasteiger partial charge on any atom is -0.469 e. The molecule has 0 radical (unpaired) electrons. The van der Waals surface area contributed by atoms with Crippen LogP contribution in [-0.2, 0) is 14.3 Å². The first-order valence-electron chi connectivity index (χ1n) is 8.41. The average Bonchev–Trinajstić information content (AvgIpc) is 2.65. The third-order valence-electron chi connectivity index (χ3n) is 4.33. The number of nitrogens with two attached hydrogens (primary N) is 1. The van der Waals surface area contributed by atoms with E-state index in [1.54, 1.807) is 12.3 Å². The maximum absolute atomic E-state index is 12.2. The van der Waals surface area contributed by atoms with Crippen molar-refractivity contribution in [1.82, 2.24) is 10.3 Å². The van der Waals surface area contributed by atoms with Crippen molar-refractivity contribution in [3.8, 4) is 0 Å². The molecule has 0 unspecified atom stereocenters. The maximum atomic E-state index is 12.2. The number of methoxy groups -OCH3 is 1. The highest BCUT2D eigenvalue weighted by molar-refractivity contribution is 5.94. The molecule has 8 heteroatoms. The van der Waals surface area contributed by atoms with E-state index in [1.165, 1.54) is 7.11 Å². The van der Waals surface area contributed by atoms with Crippen LogP contribution in [-0.4, -0.2) is 49.4 Å². The van der Waals surface area contributed by atoms with Crippen LogP contribution in [0, 0.1) is 11.3 Å². The van der Waals surface area contributed by atoms with E-state index in [1.807, 2.05) is 6.07 Å². The fraction of sp³-hybridized carbons (Fsp3) is 0.529. The predicted molar refractivity (Wildman–Crippen MR) is 94.4 cm³/mol. The van der Waals surface area contributed by atoms with Crippen molar-refractivity contribution in [2.45, 2.75) is 25.7 Å². The highest BCUT2D eigenvalue weighted by Crippen LogP contribution is 2.22. The molecule has 1 saturated heterocycles. The zero-order chi connectivity index (χ0) is 18.2. The van der Waals surface area contributed by atoms with E-state index in [9.17, 15) is 9.59 Å². The Morgan fingerprint density at radius 2 is 2.12 bits per heavy atom. The van der Waals surface area contributed by atoms with E-state index < -0.39 is 0 Å². The quantitative estimate of drug-likeness (QED) is 0.288. The van der Waals surface area contributed by atoms with Gasteiger partial charge in [0.05, 0.1) is 7.11 Å². The Bertz CT molecular complexity index is 609. The standard InChI is InChI=1S/C17H25N5O3/c1-25-15(23)3-2-8-20-17(24)12-6-9-22(10-7-12)14-5-4-13(11-21-14)16(18)19/h4-5,11-12H,2-3,6-10H2,1H3,(H3,18,19)(H,20,24). The molecule has 1 aliphatic heterocycles. The fourth-order valence-electron chi connectivity index (χ4n) is 2.79. The lowest BCUT2D eigenvalue weighted by molar-refractivity contribution is -0.140. The first-order chi connectivity index (χ1) is 12.0. The van der Waals surface area contributed by atoms with Gasteiger partial charge in [-0.15, -0.1) is 0 Å². The monoisotopic (exact) mass is 347 g/mol. The van der Waals surface area contributed by atoms with E-state index in [4.69, 9.17) is 11.1 Å². The third-order valence-corrected chi connectivity index (χ3v) is 4.33. The molecule has 4 N–H and O–H groups in total. The molecule has 0 bridgehead atoms. The molecule has 8 nitrogen and oxygen atoms in total. The zero-order valence-electron chi connectivity index (χ0n) is 14.5. The van der Waals surface area contributed by atoms with E-state index >= 15 is 0 Å². The summed E-state index contributed by atoms with van der Waals surface area (Å²) in [5, 5.41) is 10.3. The third kappa shape index (κ3) is 5.44. The van der Waals surface area contributed by atoms with Gasteiger partial charge in [-0.25, -0.2) is 4.98 Å².